The lowest BCUT2D eigenvalue weighted by Gasteiger charge is -2.29. The Morgan fingerprint density at radius 3 is 2.96 bits per heavy atom. The summed E-state index contributed by atoms with van der Waals surface area (Å²) in [5, 5.41) is 9.34. The Kier molecular flexibility index (Phi) is 4.59. The summed E-state index contributed by atoms with van der Waals surface area (Å²) in [7, 11) is 2.22. The van der Waals surface area contributed by atoms with Gasteiger partial charge in [-0.3, -0.25) is 4.68 Å². The van der Waals surface area contributed by atoms with Crippen molar-refractivity contribution < 1.29 is 0 Å². The van der Waals surface area contributed by atoms with Gasteiger partial charge in [-0.15, -0.1) is 0 Å². The molecule has 2 aromatic heterocycles. The highest BCUT2D eigenvalue weighted by Gasteiger charge is 2.22. The first-order valence-corrected chi connectivity index (χ1v) is 9.92. The van der Waals surface area contributed by atoms with Gasteiger partial charge in [-0.1, -0.05) is 11.3 Å². The van der Waals surface area contributed by atoms with Gasteiger partial charge in [0.1, 0.15) is 5.69 Å². The maximum Gasteiger partial charge on any atom is 0.183 e. The molecule has 2 fully saturated rings. The summed E-state index contributed by atoms with van der Waals surface area (Å²) >= 11 is 1.74. The predicted molar refractivity (Wildman–Crippen MR) is 99.5 cm³/mol. The van der Waals surface area contributed by atoms with E-state index >= 15 is 0 Å². The second-order valence-electron chi connectivity index (χ2n) is 7.45. The van der Waals surface area contributed by atoms with Gasteiger partial charge in [0.2, 0.25) is 0 Å². The lowest BCUT2D eigenvalue weighted by Crippen LogP contribution is -2.34. The highest BCUT2D eigenvalue weighted by atomic mass is 32.1. The molecule has 5 nitrogen and oxygen atoms in total. The van der Waals surface area contributed by atoms with Crippen LogP contribution in [0.25, 0.3) is 10.6 Å². The molecule has 0 spiro atoms. The van der Waals surface area contributed by atoms with Gasteiger partial charge in [-0.05, 0) is 64.1 Å². The molecule has 0 aromatic carbocycles. The van der Waals surface area contributed by atoms with Crippen LogP contribution in [-0.4, -0.2) is 46.3 Å². The number of aromatic nitrogens is 3. The van der Waals surface area contributed by atoms with E-state index in [4.69, 9.17) is 5.10 Å². The predicted octanol–water partition coefficient (Wildman–Crippen LogP) is 3.48. The standard InChI is InChI=1S/C18H27N5S/c1-13-17(24-18(20-13)19-10-14-5-6-14)16-7-9-23(21-16)12-15-4-3-8-22(2)11-15/h7,9,14-15H,3-6,8,10-12H2,1-2H3,(H,19,20). The molecule has 1 aliphatic carbocycles. The van der Waals surface area contributed by atoms with Crippen molar-refractivity contribution in [3.05, 3.63) is 18.0 Å². The van der Waals surface area contributed by atoms with E-state index in [2.05, 4.69) is 46.1 Å². The molecule has 1 atom stereocenters. The molecular formula is C18H27N5S. The van der Waals surface area contributed by atoms with Crippen LogP contribution in [0, 0.1) is 18.8 Å². The second-order valence-corrected chi connectivity index (χ2v) is 8.45. The molecule has 4 rings (SSSR count). The van der Waals surface area contributed by atoms with Gasteiger partial charge in [-0.25, -0.2) is 4.98 Å². The van der Waals surface area contributed by atoms with Crippen LogP contribution in [0.4, 0.5) is 5.13 Å². The summed E-state index contributed by atoms with van der Waals surface area (Å²) in [4.78, 5) is 8.31. The average molecular weight is 346 g/mol. The molecule has 3 heterocycles. The van der Waals surface area contributed by atoms with E-state index < -0.39 is 0 Å². The van der Waals surface area contributed by atoms with Crippen LogP contribution in [0.3, 0.4) is 0 Å². The highest BCUT2D eigenvalue weighted by Crippen LogP contribution is 2.34. The molecule has 24 heavy (non-hydrogen) atoms. The zero-order valence-corrected chi connectivity index (χ0v) is 15.5. The van der Waals surface area contributed by atoms with Gasteiger partial charge in [0.25, 0.3) is 0 Å². The van der Waals surface area contributed by atoms with E-state index in [1.165, 1.54) is 43.6 Å². The number of hydrogen-bond donors (Lipinski definition) is 1. The molecule has 1 saturated heterocycles. The van der Waals surface area contributed by atoms with Crippen LogP contribution in [0.1, 0.15) is 31.4 Å². The second kappa shape index (κ2) is 6.84. The molecule has 0 radical (unpaired) electrons. The minimum absolute atomic E-state index is 0.717. The first-order chi connectivity index (χ1) is 11.7. The van der Waals surface area contributed by atoms with E-state index in [0.717, 1.165) is 41.4 Å². The molecule has 6 heteroatoms. The summed E-state index contributed by atoms with van der Waals surface area (Å²) in [6.45, 7) is 6.59. The Balaban J connectivity index is 1.42. The first kappa shape index (κ1) is 16.1. The number of aryl methyl sites for hydroxylation is 1. The van der Waals surface area contributed by atoms with Crippen LogP contribution in [0.2, 0.25) is 0 Å². The number of likely N-dealkylation sites (tertiary alicyclic amines) is 1. The Morgan fingerprint density at radius 2 is 2.17 bits per heavy atom. The third-order valence-corrected chi connectivity index (χ3v) is 6.21. The van der Waals surface area contributed by atoms with Crippen LogP contribution in [0.15, 0.2) is 12.3 Å². The number of anilines is 1. The van der Waals surface area contributed by atoms with E-state index in [0.29, 0.717) is 0 Å². The molecule has 1 saturated carbocycles. The normalized spacial score (nSPS) is 22.0. The number of hydrogen-bond acceptors (Lipinski definition) is 5. The van der Waals surface area contributed by atoms with Crippen molar-refractivity contribution >= 4 is 16.5 Å². The van der Waals surface area contributed by atoms with Crippen molar-refractivity contribution in [1.29, 1.82) is 0 Å². The Bertz CT molecular complexity index is 687. The fraction of sp³-hybridized carbons (Fsp3) is 0.667. The lowest BCUT2D eigenvalue weighted by molar-refractivity contribution is 0.191. The van der Waals surface area contributed by atoms with Crippen molar-refractivity contribution in [1.82, 2.24) is 19.7 Å². The summed E-state index contributed by atoms with van der Waals surface area (Å²) in [6, 6.07) is 2.14. The molecular weight excluding hydrogens is 318 g/mol. The van der Waals surface area contributed by atoms with Crippen molar-refractivity contribution in [2.75, 3.05) is 32.0 Å². The minimum atomic E-state index is 0.717. The fourth-order valence-corrected chi connectivity index (χ4v) is 4.47. The van der Waals surface area contributed by atoms with Gasteiger partial charge in [-0.2, -0.15) is 5.10 Å². The number of nitrogens with zero attached hydrogens (tertiary/aromatic N) is 4. The minimum Gasteiger partial charge on any atom is -0.361 e. The summed E-state index contributed by atoms with van der Waals surface area (Å²) in [5.74, 6) is 1.58. The number of thiazole rings is 1. The summed E-state index contributed by atoms with van der Waals surface area (Å²) in [5.41, 5.74) is 2.15. The number of piperidine rings is 1. The Hall–Kier alpha value is -1.40. The molecule has 0 bridgehead atoms. The van der Waals surface area contributed by atoms with Crippen molar-refractivity contribution in [3.63, 3.8) is 0 Å². The molecule has 1 unspecified atom stereocenters. The van der Waals surface area contributed by atoms with Gasteiger partial charge < -0.3 is 10.2 Å². The van der Waals surface area contributed by atoms with E-state index in [-0.39, 0.29) is 0 Å². The van der Waals surface area contributed by atoms with Crippen LogP contribution < -0.4 is 5.32 Å². The number of rotatable bonds is 6. The van der Waals surface area contributed by atoms with Crippen LogP contribution in [0.5, 0.6) is 0 Å². The topological polar surface area (TPSA) is 46.0 Å². The van der Waals surface area contributed by atoms with Crippen molar-refractivity contribution in [3.8, 4) is 10.6 Å². The van der Waals surface area contributed by atoms with Crippen molar-refractivity contribution in [2.24, 2.45) is 11.8 Å². The summed E-state index contributed by atoms with van der Waals surface area (Å²) in [6.07, 6.45) is 7.48. The maximum absolute atomic E-state index is 4.82. The third-order valence-electron chi connectivity index (χ3n) is 5.08. The van der Waals surface area contributed by atoms with Crippen LogP contribution >= 0.6 is 11.3 Å². The largest absolute Gasteiger partial charge is 0.361 e. The first-order valence-electron chi connectivity index (χ1n) is 9.11. The van der Waals surface area contributed by atoms with Gasteiger partial charge in [0.15, 0.2) is 5.13 Å². The highest BCUT2D eigenvalue weighted by molar-refractivity contribution is 7.19. The smallest absolute Gasteiger partial charge is 0.183 e. The molecule has 1 aliphatic heterocycles. The maximum atomic E-state index is 4.82. The van der Waals surface area contributed by atoms with E-state index in [1.807, 2.05) is 0 Å². The van der Waals surface area contributed by atoms with Gasteiger partial charge in [0.05, 0.1) is 10.6 Å². The van der Waals surface area contributed by atoms with Crippen LogP contribution in [-0.2, 0) is 6.54 Å². The molecule has 130 valence electrons. The Morgan fingerprint density at radius 1 is 1.29 bits per heavy atom. The zero-order chi connectivity index (χ0) is 16.5. The van der Waals surface area contributed by atoms with E-state index in [1.54, 1.807) is 11.3 Å². The molecule has 2 aromatic rings. The SMILES string of the molecule is Cc1nc(NCC2CC2)sc1-c1ccn(CC2CCCN(C)C2)n1. The van der Waals surface area contributed by atoms with Crippen molar-refractivity contribution in [2.45, 2.75) is 39.2 Å². The lowest BCUT2D eigenvalue weighted by atomic mass is 9.99. The monoisotopic (exact) mass is 345 g/mol. The fourth-order valence-electron chi connectivity index (χ4n) is 3.53. The molecule has 0 amide bonds. The third kappa shape index (κ3) is 3.81. The molecule has 2 aliphatic rings. The molecule has 1 N–H and O–H groups in total. The number of nitrogens with one attached hydrogen (secondary N) is 1. The average Bonchev–Trinajstić information content (AvgIpc) is 3.15. The van der Waals surface area contributed by atoms with E-state index in [9.17, 15) is 0 Å². The summed E-state index contributed by atoms with van der Waals surface area (Å²) < 4.78 is 2.12. The van der Waals surface area contributed by atoms with Gasteiger partial charge in [0, 0.05) is 25.8 Å². The zero-order valence-electron chi connectivity index (χ0n) is 14.7. The van der Waals surface area contributed by atoms with Gasteiger partial charge >= 0.3 is 0 Å². The quantitative estimate of drug-likeness (QED) is 0.871. The Labute approximate surface area is 148 Å².